The molecular formula is C24H18Cl2N2O3. The number of carbonyl (C=O) groups excluding carboxylic acids is 2. The molecule has 2 saturated heterocycles. The molecular weight excluding hydrogens is 435 g/mol. The predicted molar refractivity (Wildman–Crippen MR) is 120 cm³/mol. The van der Waals surface area contributed by atoms with Crippen LogP contribution >= 0.6 is 23.2 Å². The van der Waals surface area contributed by atoms with E-state index in [1.54, 1.807) is 42.3 Å². The van der Waals surface area contributed by atoms with Gasteiger partial charge in [0.1, 0.15) is 5.92 Å². The SMILES string of the molecule is Cc1c(Cl)cccc1N1C(=O)[C@@H]2[C@@H](c3ccc(Cl)cc3)N(c3ccccc3)O[C@H]2C1=O. The molecule has 3 aromatic carbocycles. The molecule has 5 rings (SSSR count). The van der Waals surface area contributed by atoms with Crippen molar-refractivity contribution in [2.75, 3.05) is 9.96 Å². The third-order valence-corrected chi connectivity index (χ3v) is 6.48. The summed E-state index contributed by atoms with van der Waals surface area (Å²) in [5.41, 5.74) is 2.77. The fourth-order valence-electron chi connectivity index (χ4n) is 4.29. The molecule has 0 N–H and O–H groups in total. The summed E-state index contributed by atoms with van der Waals surface area (Å²) in [7, 11) is 0. The third-order valence-electron chi connectivity index (χ3n) is 5.82. The molecule has 0 radical (unpaired) electrons. The van der Waals surface area contributed by atoms with Gasteiger partial charge in [-0.05, 0) is 54.4 Å². The Bertz CT molecular complexity index is 1170. The number of halogens is 2. The van der Waals surface area contributed by atoms with Gasteiger partial charge in [0.2, 0.25) is 5.91 Å². The molecule has 2 aliphatic rings. The van der Waals surface area contributed by atoms with E-state index in [1.165, 1.54) is 4.90 Å². The lowest BCUT2D eigenvalue weighted by Crippen LogP contribution is -2.37. The lowest BCUT2D eigenvalue weighted by molar-refractivity contribution is -0.126. The van der Waals surface area contributed by atoms with Gasteiger partial charge >= 0.3 is 0 Å². The largest absolute Gasteiger partial charge is 0.273 e. The van der Waals surface area contributed by atoms with Crippen molar-refractivity contribution in [1.82, 2.24) is 0 Å². The summed E-state index contributed by atoms with van der Waals surface area (Å²) in [6, 6.07) is 21.4. The van der Waals surface area contributed by atoms with Crippen LogP contribution in [0.2, 0.25) is 10.0 Å². The van der Waals surface area contributed by atoms with Crippen LogP contribution in [0, 0.1) is 12.8 Å². The van der Waals surface area contributed by atoms with Crippen molar-refractivity contribution in [3.8, 4) is 0 Å². The molecule has 2 fully saturated rings. The molecule has 0 aromatic heterocycles. The molecule has 2 amide bonds. The maximum atomic E-state index is 13.6. The summed E-state index contributed by atoms with van der Waals surface area (Å²) in [5.74, 6) is -1.40. The van der Waals surface area contributed by atoms with E-state index in [1.807, 2.05) is 42.5 Å². The van der Waals surface area contributed by atoms with Crippen molar-refractivity contribution in [3.63, 3.8) is 0 Å². The van der Waals surface area contributed by atoms with Crippen LogP contribution in [-0.2, 0) is 14.4 Å². The first-order valence-corrected chi connectivity index (χ1v) is 10.6. The Morgan fingerprint density at radius 2 is 1.55 bits per heavy atom. The van der Waals surface area contributed by atoms with Gasteiger partial charge in [0.25, 0.3) is 5.91 Å². The number of rotatable bonds is 3. The zero-order valence-corrected chi connectivity index (χ0v) is 18.0. The summed E-state index contributed by atoms with van der Waals surface area (Å²) < 4.78 is 0. The number of hydroxylamine groups is 1. The summed E-state index contributed by atoms with van der Waals surface area (Å²) in [6.45, 7) is 1.79. The standard InChI is InChI=1S/C24H18Cl2N2O3/c1-14-18(26)8-5-9-19(14)27-23(29)20-21(15-10-12-16(25)13-11-15)28(31-22(20)24(27)30)17-6-3-2-4-7-17/h2-13,20-22H,1H3/t20-,21-,22-/m1/s1. The van der Waals surface area contributed by atoms with E-state index in [4.69, 9.17) is 28.0 Å². The van der Waals surface area contributed by atoms with Crippen molar-refractivity contribution in [2.45, 2.75) is 19.1 Å². The lowest BCUT2D eigenvalue weighted by Gasteiger charge is -2.29. The smallest absolute Gasteiger partial charge is 0.266 e. The summed E-state index contributed by atoms with van der Waals surface area (Å²) in [6.07, 6.45) is -0.924. The van der Waals surface area contributed by atoms with Gasteiger partial charge in [-0.3, -0.25) is 14.4 Å². The normalized spacial score (nSPS) is 22.9. The second kappa shape index (κ2) is 7.68. The summed E-state index contributed by atoms with van der Waals surface area (Å²) >= 11 is 12.3. The number of amides is 2. The van der Waals surface area contributed by atoms with Crippen LogP contribution in [0.25, 0.3) is 0 Å². The maximum absolute atomic E-state index is 13.6. The number of nitrogens with zero attached hydrogens (tertiary/aromatic N) is 2. The van der Waals surface area contributed by atoms with Gasteiger partial charge in [-0.15, -0.1) is 0 Å². The minimum absolute atomic E-state index is 0.307. The first-order chi connectivity index (χ1) is 15.0. The predicted octanol–water partition coefficient (Wildman–Crippen LogP) is 5.35. The summed E-state index contributed by atoms with van der Waals surface area (Å²) in [4.78, 5) is 34.3. The Labute approximate surface area is 189 Å². The van der Waals surface area contributed by atoms with Gasteiger partial charge in [-0.1, -0.05) is 59.6 Å². The molecule has 156 valence electrons. The average molecular weight is 453 g/mol. The fraction of sp³-hybridized carbons (Fsp3) is 0.167. The van der Waals surface area contributed by atoms with E-state index in [0.29, 0.717) is 21.3 Å². The van der Waals surface area contributed by atoms with E-state index in [0.717, 1.165) is 11.3 Å². The first-order valence-electron chi connectivity index (χ1n) is 9.87. The van der Waals surface area contributed by atoms with Crippen LogP contribution in [0.15, 0.2) is 72.8 Å². The second-order valence-electron chi connectivity index (χ2n) is 7.61. The van der Waals surface area contributed by atoms with E-state index < -0.39 is 24.0 Å². The highest BCUT2D eigenvalue weighted by Gasteiger charge is 2.60. The minimum atomic E-state index is -0.924. The van der Waals surface area contributed by atoms with Crippen molar-refractivity contribution in [3.05, 3.63) is 94.0 Å². The number of benzene rings is 3. The third kappa shape index (κ3) is 3.21. The van der Waals surface area contributed by atoms with Crippen molar-refractivity contribution in [1.29, 1.82) is 0 Å². The van der Waals surface area contributed by atoms with E-state index in [9.17, 15) is 9.59 Å². The molecule has 3 atom stereocenters. The van der Waals surface area contributed by atoms with E-state index in [-0.39, 0.29) is 5.91 Å². The van der Waals surface area contributed by atoms with Crippen LogP contribution < -0.4 is 9.96 Å². The monoisotopic (exact) mass is 452 g/mol. The molecule has 0 spiro atoms. The van der Waals surface area contributed by atoms with Gasteiger partial charge in [0.05, 0.1) is 17.4 Å². The Hall–Kier alpha value is -2.86. The number of carbonyl (C=O) groups is 2. The van der Waals surface area contributed by atoms with Crippen LogP contribution in [0.1, 0.15) is 17.2 Å². The minimum Gasteiger partial charge on any atom is -0.273 e. The Morgan fingerprint density at radius 1 is 0.839 bits per heavy atom. The van der Waals surface area contributed by atoms with Gasteiger partial charge in [-0.25, -0.2) is 9.96 Å². The molecule has 31 heavy (non-hydrogen) atoms. The lowest BCUT2D eigenvalue weighted by atomic mass is 9.90. The topological polar surface area (TPSA) is 49.9 Å². The number of anilines is 2. The van der Waals surface area contributed by atoms with Crippen molar-refractivity contribution < 1.29 is 14.4 Å². The molecule has 2 heterocycles. The van der Waals surface area contributed by atoms with Crippen LogP contribution in [0.5, 0.6) is 0 Å². The number of fused-ring (bicyclic) bond motifs is 1. The quantitative estimate of drug-likeness (QED) is 0.502. The molecule has 0 saturated carbocycles. The van der Waals surface area contributed by atoms with Crippen molar-refractivity contribution >= 4 is 46.4 Å². The molecule has 3 aromatic rings. The Balaban J connectivity index is 1.60. The van der Waals surface area contributed by atoms with Gasteiger partial charge < -0.3 is 0 Å². The van der Waals surface area contributed by atoms with Crippen LogP contribution in [0.4, 0.5) is 11.4 Å². The molecule has 2 aliphatic heterocycles. The van der Waals surface area contributed by atoms with Crippen molar-refractivity contribution in [2.24, 2.45) is 5.92 Å². The first kappa shape index (κ1) is 20.1. The average Bonchev–Trinajstić information content (AvgIpc) is 3.28. The van der Waals surface area contributed by atoms with Gasteiger partial charge in [0.15, 0.2) is 6.10 Å². The highest BCUT2D eigenvalue weighted by Crippen LogP contribution is 2.48. The Morgan fingerprint density at radius 3 is 2.26 bits per heavy atom. The van der Waals surface area contributed by atoms with Crippen LogP contribution in [-0.4, -0.2) is 17.9 Å². The van der Waals surface area contributed by atoms with E-state index >= 15 is 0 Å². The summed E-state index contributed by atoms with van der Waals surface area (Å²) in [5, 5.41) is 2.75. The van der Waals surface area contributed by atoms with Crippen LogP contribution in [0.3, 0.4) is 0 Å². The number of imide groups is 1. The number of para-hydroxylation sites is 1. The molecule has 7 heteroatoms. The molecule has 0 aliphatic carbocycles. The zero-order valence-electron chi connectivity index (χ0n) is 16.5. The highest BCUT2D eigenvalue weighted by atomic mass is 35.5. The zero-order chi connectivity index (χ0) is 21.7. The Kier molecular flexibility index (Phi) is 4.97. The molecule has 5 nitrogen and oxygen atoms in total. The fourth-order valence-corrected chi connectivity index (χ4v) is 4.58. The van der Waals surface area contributed by atoms with Gasteiger partial charge in [0, 0.05) is 10.0 Å². The number of hydrogen-bond donors (Lipinski definition) is 0. The maximum Gasteiger partial charge on any atom is 0.266 e. The number of hydrogen-bond acceptors (Lipinski definition) is 4. The second-order valence-corrected chi connectivity index (χ2v) is 8.45. The molecule has 0 unspecified atom stereocenters. The van der Waals surface area contributed by atoms with Gasteiger partial charge in [-0.2, -0.15) is 0 Å². The van der Waals surface area contributed by atoms with E-state index in [2.05, 4.69) is 0 Å². The molecule has 0 bridgehead atoms. The highest BCUT2D eigenvalue weighted by molar-refractivity contribution is 6.32.